The number of nitrogens with zero attached hydrogens (tertiary/aromatic N) is 1. The molecule has 0 aliphatic heterocycles. The summed E-state index contributed by atoms with van der Waals surface area (Å²) in [5.41, 5.74) is 2.41. The molecule has 0 saturated heterocycles. The van der Waals surface area contributed by atoms with Crippen molar-refractivity contribution >= 4 is 33.7 Å². The van der Waals surface area contributed by atoms with Gasteiger partial charge in [0.1, 0.15) is 11.4 Å². The lowest BCUT2D eigenvalue weighted by Gasteiger charge is -2.37. The molecule has 0 unspecified atom stereocenters. The summed E-state index contributed by atoms with van der Waals surface area (Å²) in [6, 6.07) is 1.84. The second kappa shape index (κ2) is 7.42. The SMILES string of the molecule is C=C(c1c(OB(C)O)cnc2[nH]ccc12)C1CC(NS(=O)(=O)CCC)C1. The molecule has 0 radical (unpaired) electrons. The third-order valence-electron chi connectivity index (χ3n) is 4.62. The van der Waals surface area contributed by atoms with E-state index in [0.29, 0.717) is 25.0 Å². The van der Waals surface area contributed by atoms with Gasteiger partial charge in [0.05, 0.1) is 11.9 Å². The van der Waals surface area contributed by atoms with E-state index in [2.05, 4.69) is 21.3 Å². The molecule has 9 heteroatoms. The molecule has 0 amide bonds. The van der Waals surface area contributed by atoms with Gasteiger partial charge < -0.3 is 14.7 Å². The Morgan fingerprint density at radius 2 is 2.27 bits per heavy atom. The summed E-state index contributed by atoms with van der Waals surface area (Å²) in [5, 5.41) is 10.5. The van der Waals surface area contributed by atoms with E-state index in [-0.39, 0.29) is 17.7 Å². The normalized spacial score (nSPS) is 20.0. The van der Waals surface area contributed by atoms with Crippen LogP contribution in [0.25, 0.3) is 16.6 Å². The van der Waals surface area contributed by atoms with Gasteiger partial charge in [-0.3, -0.25) is 0 Å². The van der Waals surface area contributed by atoms with Crippen LogP contribution in [0, 0.1) is 5.92 Å². The number of H-pyrrole nitrogens is 1. The molecule has 0 spiro atoms. The number of aromatic nitrogens is 2. The standard InChI is InChI=1S/C17H24BN3O4S/c1-4-7-26(23,24)21-13-8-12(9-13)11(2)16-14-5-6-19-17(14)20-10-15(16)25-18(3)22/h5-6,10,12-13,21-22H,2,4,7-9H2,1,3H3,(H,19,20). The minimum atomic E-state index is -3.21. The van der Waals surface area contributed by atoms with Gasteiger partial charge >= 0.3 is 7.12 Å². The van der Waals surface area contributed by atoms with Crippen LogP contribution in [-0.4, -0.2) is 42.3 Å². The summed E-state index contributed by atoms with van der Waals surface area (Å²) in [6.45, 7) is 7.62. The van der Waals surface area contributed by atoms with Crippen LogP contribution in [0.15, 0.2) is 25.0 Å². The molecular weight excluding hydrogens is 353 g/mol. The van der Waals surface area contributed by atoms with Crippen LogP contribution in [0.4, 0.5) is 0 Å². The van der Waals surface area contributed by atoms with Gasteiger partial charge in [0.15, 0.2) is 0 Å². The zero-order chi connectivity index (χ0) is 18.9. The smallest absolute Gasteiger partial charge is 0.519 e. The van der Waals surface area contributed by atoms with Gasteiger partial charge in [-0.1, -0.05) is 13.5 Å². The number of fused-ring (bicyclic) bond motifs is 1. The van der Waals surface area contributed by atoms with Crippen LogP contribution < -0.4 is 9.38 Å². The molecule has 0 aromatic carbocycles. The van der Waals surface area contributed by atoms with E-state index in [1.807, 2.05) is 13.0 Å². The second-order valence-electron chi connectivity index (χ2n) is 6.78. The summed E-state index contributed by atoms with van der Waals surface area (Å²) in [7, 11) is -4.17. The highest BCUT2D eigenvalue weighted by Gasteiger charge is 2.35. The lowest BCUT2D eigenvalue weighted by Crippen LogP contribution is -2.45. The molecule has 140 valence electrons. The van der Waals surface area contributed by atoms with E-state index < -0.39 is 17.1 Å². The highest BCUT2D eigenvalue weighted by atomic mass is 32.2. The van der Waals surface area contributed by atoms with E-state index in [1.165, 1.54) is 6.82 Å². The molecule has 3 rings (SSSR count). The summed E-state index contributed by atoms with van der Waals surface area (Å²) in [5.74, 6) is 0.781. The van der Waals surface area contributed by atoms with Crippen molar-refractivity contribution in [2.45, 2.75) is 39.1 Å². The van der Waals surface area contributed by atoms with E-state index in [0.717, 1.165) is 22.2 Å². The van der Waals surface area contributed by atoms with Crippen LogP contribution >= 0.6 is 0 Å². The van der Waals surface area contributed by atoms with E-state index >= 15 is 0 Å². The van der Waals surface area contributed by atoms with Gasteiger partial charge in [0, 0.05) is 23.2 Å². The molecule has 7 nitrogen and oxygen atoms in total. The Kier molecular flexibility index (Phi) is 5.41. The molecule has 0 atom stereocenters. The second-order valence-corrected chi connectivity index (χ2v) is 8.66. The molecule has 2 aromatic rings. The van der Waals surface area contributed by atoms with Gasteiger partial charge in [-0.25, -0.2) is 18.1 Å². The minimum absolute atomic E-state index is 0.0574. The summed E-state index contributed by atoms with van der Waals surface area (Å²) < 4.78 is 32.1. The Balaban J connectivity index is 1.78. The number of sulfonamides is 1. The first-order valence-corrected chi connectivity index (χ1v) is 10.5. The number of rotatable bonds is 8. The van der Waals surface area contributed by atoms with Gasteiger partial charge in [-0.2, -0.15) is 0 Å². The lowest BCUT2D eigenvalue weighted by atomic mass is 9.74. The predicted molar refractivity (Wildman–Crippen MR) is 103 cm³/mol. The number of hydrogen-bond donors (Lipinski definition) is 3. The fraction of sp³-hybridized carbons (Fsp3) is 0.471. The Labute approximate surface area is 154 Å². The number of nitrogens with one attached hydrogen (secondary N) is 2. The highest BCUT2D eigenvalue weighted by Crippen LogP contribution is 2.43. The van der Waals surface area contributed by atoms with Crippen molar-refractivity contribution in [2.75, 3.05) is 5.75 Å². The van der Waals surface area contributed by atoms with Crippen LogP contribution in [0.2, 0.25) is 6.82 Å². The van der Waals surface area contributed by atoms with Crippen LogP contribution in [0.5, 0.6) is 5.75 Å². The van der Waals surface area contributed by atoms with Crippen molar-refractivity contribution in [3.05, 3.63) is 30.6 Å². The lowest BCUT2D eigenvalue weighted by molar-refractivity contribution is 0.310. The third-order valence-corrected chi connectivity index (χ3v) is 6.26. The van der Waals surface area contributed by atoms with E-state index in [4.69, 9.17) is 4.65 Å². The number of pyridine rings is 1. The average Bonchev–Trinajstić information content (AvgIpc) is 2.97. The molecule has 3 N–H and O–H groups in total. The Morgan fingerprint density at radius 1 is 1.54 bits per heavy atom. The first-order valence-electron chi connectivity index (χ1n) is 8.80. The van der Waals surface area contributed by atoms with Crippen molar-refractivity contribution in [1.29, 1.82) is 0 Å². The quantitative estimate of drug-likeness (QED) is 0.612. The van der Waals surface area contributed by atoms with Crippen molar-refractivity contribution in [3.63, 3.8) is 0 Å². The third kappa shape index (κ3) is 3.95. The maximum absolute atomic E-state index is 11.9. The zero-order valence-electron chi connectivity index (χ0n) is 15.0. The molecule has 1 fully saturated rings. The maximum Gasteiger partial charge on any atom is 0.519 e. The minimum Gasteiger partial charge on any atom is -0.535 e. The van der Waals surface area contributed by atoms with Crippen molar-refractivity contribution in [3.8, 4) is 5.75 Å². The fourth-order valence-corrected chi connectivity index (χ4v) is 4.73. The Morgan fingerprint density at radius 3 is 2.92 bits per heavy atom. The number of hydrogen-bond acceptors (Lipinski definition) is 5. The molecule has 1 saturated carbocycles. The molecule has 26 heavy (non-hydrogen) atoms. The molecule has 1 aliphatic carbocycles. The molecule has 0 bridgehead atoms. The fourth-order valence-electron chi connectivity index (χ4n) is 3.38. The van der Waals surface area contributed by atoms with Gasteiger partial charge in [-0.05, 0) is 43.6 Å². The topological polar surface area (TPSA) is 104 Å². The first kappa shape index (κ1) is 18.9. The van der Waals surface area contributed by atoms with E-state index in [9.17, 15) is 13.4 Å². The molecule has 2 heterocycles. The number of allylic oxidation sites excluding steroid dienone is 1. The van der Waals surface area contributed by atoms with Crippen LogP contribution in [-0.2, 0) is 10.0 Å². The van der Waals surface area contributed by atoms with Gasteiger partial charge in [0.2, 0.25) is 10.0 Å². The summed E-state index contributed by atoms with van der Waals surface area (Å²) >= 11 is 0. The van der Waals surface area contributed by atoms with E-state index in [1.54, 1.807) is 12.4 Å². The van der Waals surface area contributed by atoms with Crippen molar-refractivity contribution in [2.24, 2.45) is 5.92 Å². The monoisotopic (exact) mass is 377 g/mol. The summed E-state index contributed by atoms with van der Waals surface area (Å²) in [6.07, 6.45) is 5.37. The predicted octanol–water partition coefficient (Wildman–Crippen LogP) is 2.17. The van der Waals surface area contributed by atoms with Crippen LogP contribution in [0.3, 0.4) is 0 Å². The largest absolute Gasteiger partial charge is 0.535 e. The van der Waals surface area contributed by atoms with Crippen LogP contribution in [0.1, 0.15) is 31.7 Å². The zero-order valence-corrected chi connectivity index (χ0v) is 15.8. The Hall–Kier alpha value is -1.84. The Bertz CT molecular complexity index is 904. The average molecular weight is 377 g/mol. The molecule has 2 aromatic heterocycles. The first-order chi connectivity index (χ1) is 12.3. The molecular formula is C17H24BN3O4S. The van der Waals surface area contributed by atoms with Crippen molar-refractivity contribution < 1.29 is 18.1 Å². The number of aromatic amines is 1. The highest BCUT2D eigenvalue weighted by molar-refractivity contribution is 7.89. The van der Waals surface area contributed by atoms with Crippen molar-refractivity contribution in [1.82, 2.24) is 14.7 Å². The van der Waals surface area contributed by atoms with Gasteiger partial charge in [-0.15, -0.1) is 0 Å². The maximum atomic E-state index is 11.9. The van der Waals surface area contributed by atoms with Gasteiger partial charge in [0.25, 0.3) is 0 Å². The summed E-state index contributed by atoms with van der Waals surface area (Å²) in [4.78, 5) is 7.36. The molecule has 1 aliphatic rings.